The lowest BCUT2D eigenvalue weighted by atomic mass is 9.71. The van der Waals surface area contributed by atoms with Crippen LogP contribution in [0.2, 0.25) is 5.02 Å². The Morgan fingerprint density at radius 2 is 1.55 bits per heavy atom. The van der Waals surface area contributed by atoms with E-state index < -0.39 is 17.9 Å². The summed E-state index contributed by atoms with van der Waals surface area (Å²) < 4.78 is 12.0. The van der Waals surface area contributed by atoms with Crippen LogP contribution in [0.1, 0.15) is 79.3 Å². The number of Topliss-reactive ketones (excluding diaryl/α,β-unsaturated/α-hetero) is 2. The van der Waals surface area contributed by atoms with Crippen molar-refractivity contribution in [2.75, 3.05) is 13.2 Å². The number of carbonyl (C=O) groups is 4. The number of aliphatic carboxylic acids is 1. The van der Waals surface area contributed by atoms with Gasteiger partial charge < -0.3 is 24.6 Å². The summed E-state index contributed by atoms with van der Waals surface area (Å²) in [7, 11) is 0. The van der Waals surface area contributed by atoms with Gasteiger partial charge in [-0.2, -0.15) is 0 Å². The van der Waals surface area contributed by atoms with Gasteiger partial charge in [-0.3, -0.25) is 14.4 Å². The molecule has 0 spiro atoms. The van der Waals surface area contributed by atoms with E-state index in [0.717, 1.165) is 17.0 Å². The number of carboxylic acids is 2. The summed E-state index contributed by atoms with van der Waals surface area (Å²) in [6, 6.07) is 9.80. The number of hydrogen-bond donors (Lipinski definition) is 2. The van der Waals surface area contributed by atoms with Crippen molar-refractivity contribution in [3.05, 3.63) is 80.7 Å². The molecule has 42 heavy (non-hydrogen) atoms. The van der Waals surface area contributed by atoms with E-state index in [2.05, 4.69) is 0 Å². The minimum atomic E-state index is -1.02. The number of aromatic carboxylic acids is 1. The lowest BCUT2D eigenvalue weighted by molar-refractivity contribution is -0.137. The minimum Gasteiger partial charge on any atom is -0.490 e. The topological polar surface area (TPSA) is 130 Å². The highest BCUT2D eigenvalue weighted by molar-refractivity contribution is 6.32. The average molecular weight is 594 g/mol. The van der Waals surface area contributed by atoms with Gasteiger partial charge >= 0.3 is 11.9 Å². The summed E-state index contributed by atoms with van der Waals surface area (Å²) in [5.74, 6) is -2.02. The van der Waals surface area contributed by atoms with Gasteiger partial charge in [-0.1, -0.05) is 23.7 Å². The fraction of sp³-hybridized carbons (Fsp3) is 0.375. The second kappa shape index (κ2) is 12.4. The molecule has 0 radical (unpaired) electrons. The minimum absolute atomic E-state index is 0.0503. The average Bonchev–Trinajstić information content (AvgIpc) is 2.95. The number of allylic oxidation sites excluding steroid dienone is 4. The van der Waals surface area contributed by atoms with Crippen molar-refractivity contribution >= 4 is 35.1 Å². The largest absolute Gasteiger partial charge is 0.490 e. The van der Waals surface area contributed by atoms with E-state index in [0.29, 0.717) is 73.3 Å². The Morgan fingerprint density at radius 3 is 2.10 bits per heavy atom. The Kier molecular flexibility index (Phi) is 8.68. The van der Waals surface area contributed by atoms with Gasteiger partial charge in [0.1, 0.15) is 6.61 Å². The van der Waals surface area contributed by atoms with Crippen molar-refractivity contribution in [2.45, 2.75) is 64.4 Å². The quantitative estimate of drug-likeness (QED) is 0.345. The summed E-state index contributed by atoms with van der Waals surface area (Å²) in [4.78, 5) is 51.6. The Hall–Kier alpha value is -4.11. The molecule has 0 aromatic heterocycles. The van der Waals surface area contributed by atoms with Crippen LogP contribution < -0.4 is 9.47 Å². The molecule has 0 bridgehead atoms. The smallest absolute Gasteiger partial charge is 0.335 e. The molecule has 5 rings (SSSR count). The molecule has 2 aromatic carbocycles. The van der Waals surface area contributed by atoms with Gasteiger partial charge in [0.15, 0.2) is 23.1 Å². The highest BCUT2D eigenvalue weighted by atomic mass is 35.5. The third kappa shape index (κ3) is 5.79. The predicted molar refractivity (Wildman–Crippen MR) is 154 cm³/mol. The zero-order valence-corrected chi connectivity index (χ0v) is 24.0. The molecule has 0 unspecified atom stereocenters. The van der Waals surface area contributed by atoms with Crippen molar-refractivity contribution in [1.29, 1.82) is 0 Å². The van der Waals surface area contributed by atoms with Crippen molar-refractivity contribution in [3.63, 3.8) is 0 Å². The van der Waals surface area contributed by atoms with Gasteiger partial charge in [0, 0.05) is 47.8 Å². The van der Waals surface area contributed by atoms with Gasteiger partial charge in [-0.15, -0.1) is 0 Å². The number of rotatable bonds is 10. The molecule has 10 heteroatoms. The molecule has 3 aliphatic rings. The van der Waals surface area contributed by atoms with E-state index in [9.17, 15) is 24.3 Å². The zero-order chi connectivity index (χ0) is 30.0. The lowest BCUT2D eigenvalue weighted by Crippen LogP contribution is -2.39. The second-order valence-corrected chi connectivity index (χ2v) is 11.0. The van der Waals surface area contributed by atoms with E-state index in [1.165, 1.54) is 12.1 Å². The Morgan fingerprint density at radius 1 is 0.929 bits per heavy atom. The molecule has 2 aromatic rings. The van der Waals surface area contributed by atoms with E-state index in [-0.39, 0.29) is 41.7 Å². The molecule has 1 aliphatic heterocycles. The summed E-state index contributed by atoms with van der Waals surface area (Å²) in [6.07, 6.45) is 3.17. The van der Waals surface area contributed by atoms with Crippen LogP contribution in [0.25, 0.3) is 0 Å². The van der Waals surface area contributed by atoms with Gasteiger partial charge in [0.2, 0.25) is 0 Å². The number of ketones is 2. The van der Waals surface area contributed by atoms with Crippen LogP contribution in [0.5, 0.6) is 11.5 Å². The maximum atomic E-state index is 13.5. The Bertz CT molecular complexity index is 1460. The molecular formula is C32H32ClNO8. The predicted octanol–water partition coefficient (Wildman–Crippen LogP) is 5.90. The van der Waals surface area contributed by atoms with Crippen LogP contribution in [0.3, 0.4) is 0 Å². The molecule has 220 valence electrons. The first-order valence-corrected chi connectivity index (χ1v) is 14.5. The standard InChI is InChI=1S/C32H32ClNO8/c1-2-41-26-16-20(15-21(33)31(26)42-17-18-9-11-19(12-10-18)32(39)40)28-29-22(5-3-7-24(29)35)34(14-13-27(37)38)23-6-4-8-25(36)30(23)28/h9-12,15-16,28H,2-8,13-14,17H2,1H3,(H,37,38)(H,39,40). The van der Waals surface area contributed by atoms with Crippen LogP contribution in [0, 0.1) is 0 Å². The lowest BCUT2D eigenvalue weighted by Gasteiger charge is -2.44. The highest BCUT2D eigenvalue weighted by Gasteiger charge is 2.43. The van der Waals surface area contributed by atoms with E-state index in [1.807, 2.05) is 11.8 Å². The number of halogens is 1. The molecule has 2 N–H and O–H groups in total. The maximum absolute atomic E-state index is 13.5. The molecular weight excluding hydrogens is 562 g/mol. The number of benzene rings is 2. The summed E-state index contributed by atoms with van der Waals surface area (Å²) >= 11 is 6.80. The van der Waals surface area contributed by atoms with Crippen molar-refractivity contribution < 1.29 is 38.9 Å². The fourth-order valence-electron chi connectivity index (χ4n) is 6.08. The number of nitrogens with zero attached hydrogens (tertiary/aromatic N) is 1. The molecule has 0 fully saturated rings. The van der Waals surface area contributed by atoms with E-state index in [4.69, 9.17) is 26.2 Å². The van der Waals surface area contributed by atoms with Crippen molar-refractivity contribution in [2.24, 2.45) is 0 Å². The Labute approximate surface area is 248 Å². The molecule has 9 nitrogen and oxygen atoms in total. The zero-order valence-electron chi connectivity index (χ0n) is 23.3. The van der Waals surface area contributed by atoms with Gasteiger partial charge in [0.25, 0.3) is 0 Å². The normalized spacial score (nSPS) is 17.2. The fourth-order valence-corrected chi connectivity index (χ4v) is 6.36. The molecule has 0 saturated carbocycles. The maximum Gasteiger partial charge on any atom is 0.335 e. The first-order chi connectivity index (χ1) is 20.2. The van der Waals surface area contributed by atoms with Crippen molar-refractivity contribution in [1.82, 2.24) is 4.90 Å². The SMILES string of the molecule is CCOc1cc(C2C3=C(CCCC3=O)N(CCC(=O)O)C3=C2C(=O)CCC3)cc(Cl)c1OCc1ccc(C(=O)O)cc1. The summed E-state index contributed by atoms with van der Waals surface area (Å²) in [6.45, 7) is 2.46. The first kappa shape index (κ1) is 29.4. The molecule has 0 saturated heterocycles. The van der Waals surface area contributed by atoms with Gasteiger partial charge in [-0.25, -0.2) is 4.79 Å². The Balaban J connectivity index is 1.56. The van der Waals surface area contributed by atoms with Crippen molar-refractivity contribution in [3.8, 4) is 11.5 Å². The molecule has 1 heterocycles. The molecule has 2 aliphatic carbocycles. The van der Waals surface area contributed by atoms with Crippen LogP contribution in [0.4, 0.5) is 0 Å². The monoisotopic (exact) mass is 593 g/mol. The van der Waals surface area contributed by atoms with Crippen LogP contribution in [-0.4, -0.2) is 51.8 Å². The second-order valence-electron chi connectivity index (χ2n) is 10.6. The van der Waals surface area contributed by atoms with Gasteiger partial charge in [0.05, 0.1) is 23.6 Å². The summed E-state index contributed by atoms with van der Waals surface area (Å²) in [5, 5.41) is 18.8. The molecule has 0 atom stereocenters. The highest BCUT2D eigenvalue weighted by Crippen LogP contribution is 2.51. The number of hydrogen-bond acceptors (Lipinski definition) is 7. The number of carbonyl (C=O) groups excluding carboxylic acids is 2. The van der Waals surface area contributed by atoms with Gasteiger partial charge in [-0.05, 0) is 68.0 Å². The van der Waals surface area contributed by atoms with Crippen LogP contribution in [0.15, 0.2) is 58.9 Å². The summed E-state index contributed by atoms with van der Waals surface area (Å²) in [5.41, 5.74) is 4.21. The first-order valence-electron chi connectivity index (χ1n) is 14.1. The van der Waals surface area contributed by atoms with E-state index in [1.54, 1.807) is 24.3 Å². The molecule has 0 amide bonds. The number of ether oxygens (including phenoxy) is 2. The van der Waals surface area contributed by atoms with Crippen LogP contribution in [-0.2, 0) is 21.0 Å². The van der Waals surface area contributed by atoms with Crippen LogP contribution >= 0.6 is 11.6 Å². The number of carboxylic acid groups (broad SMARTS) is 2. The third-order valence-corrected chi connectivity index (χ3v) is 8.17. The van der Waals surface area contributed by atoms with E-state index >= 15 is 0 Å². The third-order valence-electron chi connectivity index (χ3n) is 7.88.